The van der Waals surface area contributed by atoms with E-state index < -0.39 is 0 Å². The predicted molar refractivity (Wildman–Crippen MR) is 104 cm³/mol. The maximum Gasteiger partial charge on any atom is 0.317 e. The van der Waals surface area contributed by atoms with E-state index in [9.17, 15) is 4.79 Å². The second-order valence-electron chi connectivity index (χ2n) is 6.69. The predicted octanol–water partition coefficient (Wildman–Crippen LogP) is 3.81. The van der Waals surface area contributed by atoms with Gasteiger partial charge in [-0.05, 0) is 37.1 Å². The van der Waals surface area contributed by atoms with Gasteiger partial charge in [-0.1, -0.05) is 29.8 Å². The summed E-state index contributed by atoms with van der Waals surface area (Å²) < 4.78 is 11.3. The molecular formula is C20H24ClN3O3. The fourth-order valence-electron chi connectivity index (χ4n) is 2.83. The number of hydrogen-bond acceptors (Lipinski definition) is 4. The molecule has 1 aromatic carbocycles. The molecule has 6 nitrogen and oxygen atoms in total. The average molecular weight is 390 g/mol. The van der Waals surface area contributed by atoms with Crippen molar-refractivity contribution in [1.29, 1.82) is 0 Å². The van der Waals surface area contributed by atoms with Gasteiger partial charge in [-0.25, -0.2) is 9.78 Å². The molecule has 1 atom stereocenters. The molecule has 0 aliphatic carbocycles. The van der Waals surface area contributed by atoms with Crippen LogP contribution < -0.4 is 10.1 Å². The molecular weight excluding hydrogens is 366 g/mol. The number of aromatic nitrogens is 1. The second-order valence-corrected chi connectivity index (χ2v) is 7.12. The molecule has 1 N–H and O–H groups in total. The zero-order valence-corrected chi connectivity index (χ0v) is 16.3. The Bertz CT molecular complexity index is 750. The molecule has 1 aromatic heterocycles. The maximum atomic E-state index is 12.5. The Balaban J connectivity index is 1.52. The van der Waals surface area contributed by atoms with Crippen LogP contribution in [0.2, 0.25) is 5.02 Å². The highest BCUT2D eigenvalue weighted by Crippen LogP contribution is 2.23. The maximum absolute atomic E-state index is 12.5. The number of nitrogens with one attached hydrogen (secondary N) is 1. The molecule has 1 fully saturated rings. The lowest BCUT2D eigenvalue weighted by Gasteiger charge is -2.33. The van der Waals surface area contributed by atoms with Crippen molar-refractivity contribution in [3.63, 3.8) is 0 Å². The molecule has 1 aliphatic heterocycles. The van der Waals surface area contributed by atoms with Gasteiger partial charge in [0, 0.05) is 30.4 Å². The van der Waals surface area contributed by atoms with Crippen LogP contribution in [0.25, 0.3) is 0 Å². The smallest absolute Gasteiger partial charge is 0.317 e. The third kappa shape index (κ3) is 5.58. The molecule has 3 rings (SSSR count). The average Bonchev–Trinajstić information content (AvgIpc) is 2.67. The molecule has 0 radical (unpaired) electrons. The summed E-state index contributed by atoms with van der Waals surface area (Å²) in [7, 11) is 0. The summed E-state index contributed by atoms with van der Waals surface area (Å²) in [6, 6.07) is 11.1. The Morgan fingerprint density at radius 2 is 2.11 bits per heavy atom. The van der Waals surface area contributed by atoms with Crippen LogP contribution in [-0.2, 0) is 11.3 Å². The number of benzene rings is 1. The van der Waals surface area contributed by atoms with E-state index in [1.165, 1.54) is 0 Å². The summed E-state index contributed by atoms with van der Waals surface area (Å²) in [5, 5.41) is 3.62. The lowest BCUT2D eigenvalue weighted by molar-refractivity contribution is -0.0154. The monoisotopic (exact) mass is 389 g/mol. The zero-order chi connectivity index (χ0) is 19.2. The van der Waals surface area contributed by atoms with Gasteiger partial charge in [0.15, 0.2) is 0 Å². The summed E-state index contributed by atoms with van der Waals surface area (Å²) in [5.41, 5.74) is 1.93. The van der Waals surface area contributed by atoms with Gasteiger partial charge in [-0.3, -0.25) is 0 Å². The van der Waals surface area contributed by atoms with Crippen molar-refractivity contribution in [2.75, 3.05) is 19.7 Å². The summed E-state index contributed by atoms with van der Waals surface area (Å²) in [4.78, 5) is 18.5. The zero-order valence-electron chi connectivity index (χ0n) is 15.5. The molecule has 144 valence electrons. The van der Waals surface area contributed by atoms with E-state index >= 15 is 0 Å². The first-order chi connectivity index (χ1) is 13.0. The topological polar surface area (TPSA) is 63.7 Å². The summed E-state index contributed by atoms with van der Waals surface area (Å²) in [6.45, 7) is 5.90. The number of halogens is 1. The minimum atomic E-state index is -0.143. The fourth-order valence-corrected chi connectivity index (χ4v) is 2.96. The Kier molecular flexibility index (Phi) is 6.53. The molecule has 2 heterocycles. The van der Waals surface area contributed by atoms with Crippen molar-refractivity contribution >= 4 is 17.6 Å². The van der Waals surface area contributed by atoms with Crippen molar-refractivity contribution in [3.8, 4) is 5.88 Å². The van der Waals surface area contributed by atoms with Crippen LogP contribution in [0.1, 0.15) is 31.1 Å². The van der Waals surface area contributed by atoms with Crippen LogP contribution in [0.4, 0.5) is 4.79 Å². The molecule has 27 heavy (non-hydrogen) atoms. The van der Waals surface area contributed by atoms with Gasteiger partial charge < -0.3 is 19.7 Å². The van der Waals surface area contributed by atoms with E-state index in [0.717, 1.165) is 11.1 Å². The highest BCUT2D eigenvalue weighted by molar-refractivity contribution is 6.30. The van der Waals surface area contributed by atoms with E-state index in [1.54, 1.807) is 11.1 Å². The lowest BCUT2D eigenvalue weighted by Crippen LogP contribution is -2.46. The van der Waals surface area contributed by atoms with Crippen LogP contribution in [0.5, 0.6) is 5.88 Å². The minimum absolute atomic E-state index is 0.0814. The van der Waals surface area contributed by atoms with Crippen molar-refractivity contribution in [1.82, 2.24) is 15.2 Å². The number of pyridine rings is 1. The SMILES string of the molecule is CC(C)Oc1ccc(CNC(=O)N2CCOC(c3ccc(Cl)cc3)C2)cn1. The van der Waals surface area contributed by atoms with Gasteiger partial charge in [0.05, 0.1) is 19.3 Å². The van der Waals surface area contributed by atoms with Gasteiger partial charge in [0.1, 0.15) is 6.10 Å². The largest absolute Gasteiger partial charge is 0.475 e. The number of morpholine rings is 1. The highest BCUT2D eigenvalue weighted by Gasteiger charge is 2.25. The fraction of sp³-hybridized carbons (Fsp3) is 0.400. The van der Waals surface area contributed by atoms with Gasteiger partial charge in [0.2, 0.25) is 5.88 Å². The van der Waals surface area contributed by atoms with Gasteiger partial charge in [-0.15, -0.1) is 0 Å². The van der Waals surface area contributed by atoms with E-state index in [4.69, 9.17) is 21.1 Å². The van der Waals surface area contributed by atoms with Crippen molar-refractivity contribution < 1.29 is 14.3 Å². The molecule has 7 heteroatoms. The van der Waals surface area contributed by atoms with Crippen LogP contribution in [0.15, 0.2) is 42.6 Å². The van der Waals surface area contributed by atoms with E-state index in [1.807, 2.05) is 50.2 Å². The van der Waals surface area contributed by atoms with Crippen molar-refractivity contribution in [2.24, 2.45) is 0 Å². The van der Waals surface area contributed by atoms with Gasteiger partial charge in [-0.2, -0.15) is 0 Å². The number of amides is 2. The molecule has 0 saturated carbocycles. The molecule has 2 aromatic rings. The molecule has 1 aliphatic rings. The van der Waals surface area contributed by atoms with Crippen LogP contribution >= 0.6 is 11.6 Å². The number of rotatable bonds is 5. The Hall–Kier alpha value is -2.31. The second kappa shape index (κ2) is 9.06. The molecule has 0 bridgehead atoms. The van der Waals surface area contributed by atoms with E-state index in [0.29, 0.717) is 37.1 Å². The Labute approximate surface area is 164 Å². The van der Waals surface area contributed by atoms with Crippen LogP contribution in [0, 0.1) is 0 Å². The molecule has 2 amide bonds. The Morgan fingerprint density at radius 3 is 2.78 bits per heavy atom. The van der Waals surface area contributed by atoms with Crippen LogP contribution in [0.3, 0.4) is 0 Å². The number of nitrogens with zero attached hydrogens (tertiary/aromatic N) is 2. The van der Waals surface area contributed by atoms with Gasteiger partial charge >= 0.3 is 6.03 Å². The quantitative estimate of drug-likeness (QED) is 0.844. The summed E-state index contributed by atoms with van der Waals surface area (Å²) in [6.07, 6.45) is 1.65. The van der Waals surface area contributed by atoms with E-state index in [2.05, 4.69) is 10.3 Å². The first-order valence-electron chi connectivity index (χ1n) is 9.02. The number of carbonyl (C=O) groups is 1. The lowest BCUT2D eigenvalue weighted by atomic mass is 10.1. The molecule has 1 unspecified atom stereocenters. The highest BCUT2D eigenvalue weighted by atomic mass is 35.5. The first kappa shape index (κ1) is 19.5. The van der Waals surface area contributed by atoms with E-state index in [-0.39, 0.29) is 18.2 Å². The normalized spacial score (nSPS) is 17.0. The van der Waals surface area contributed by atoms with Crippen LogP contribution in [-0.4, -0.2) is 41.7 Å². The van der Waals surface area contributed by atoms with Crippen molar-refractivity contribution in [3.05, 3.63) is 58.7 Å². The van der Waals surface area contributed by atoms with Crippen molar-refractivity contribution in [2.45, 2.75) is 32.6 Å². The summed E-state index contributed by atoms with van der Waals surface area (Å²) >= 11 is 5.94. The number of carbonyl (C=O) groups excluding carboxylic acids is 1. The third-order valence-corrected chi connectivity index (χ3v) is 4.45. The number of urea groups is 1. The standard InChI is InChI=1S/C20H24ClN3O3/c1-14(2)27-19-8-3-15(11-22-19)12-23-20(25)24-9-10-26-18(13-24)16-4-6-17(21)7-5-16/h3-8,11,14,18H,9-10,12-13H2,1-2H3,(H,23,25). The third-order valence-electron chi connectivity index (χ3n) is 4.19. The van der Waals surface area contributed by atoms with Gasteiger partial charge in [0.25, 0.3) is 0 Å². The molecule has 1 saturated heterocycles. The number of hydrogen-bond donors (Lipinski definition) is 1. The first-order valence-corrected chi connectivity index (χ1v) is 9.40. The Morgan fingerprint density at radius 1 is 1.33 bits per heavy atom. The number of ether oxygens (including phenoxy) is 2. The summed E-state index contributed by atoms with van der Waals surface area (Å²) in [5.74, 6) is 0.582. The molecule has 0 spiro atoms. The minimum Gasteiger partial charge on any atom is -0.475 e.